The molecule has 0 bridgehead atoms. The van der Waals surface area contributed by atoms with Gasteiger partial charge in [0.15, 0.2) is 0 Å². The molecule has 1 aromatic carbocycles. The summed E-state index contributed by atoms with van der Waals surface area (Å²) in [5.74, 6) is -1.62. The number of carboxylic acid groups (broad SMARTS) is 1. The van der Waals surface area contributed by atoms with Crippen molar-refractivity contribution in [1.29, 1.82) is 0 Å². The summed E-state index contributed by atoms with van der Waals surface area (Å²) < 4.78 is 5.35. The number of carboxylic acids is 1. The summed E-state index contributed by atoms with van der Waals surface area (Å²) in [6, 6.07) is 3.43. The molecule has 21 heavy (non-hydrogen) atoms. The van der Waals surface area contributed by atoms with E-state index in [1.165, 1.54) is 18.2 Å². The molecule has 0 saturated carbocycles. The fourth-order valence-electron chi connectivity index (χ4n) is 2.26. The predicted octanol–water partition coefficient (Wildman–Crippen LogP) is 1.78. The third-order valence-corrected chi connectivity index (χ3v) is 3.34. The minimum atomic E-state index is -1.23. The van der Waals surface area contributed by atoms with Crippen LogP contribution < -0.4 is 10.6 Å². The zero-order valence-corrected chi connectivity index (χ0v) is 11.7. The van der Waals surface area contributed by atoms with Gasteiger partial charge in [-0.25, -0.2) is 9.59 Å². The molecule has 4 N–H and O–H groups in total. The minimum absolute atomic E-state index is 0.214. The standard InChI is InChI=1S/C14H18N2O5/c1-14(5-2-6-21-8-14)16-13(20)15-9-3-4-10(12(18)19)11(17)7-9/h3-4,7,17H,2,5-6,8H2,1H3,(H,18,19)(H2,15,16,20). The van der Waals surface area contributed by atoms with Gasteiger partial charge < -0.3 is 25.6 Å². The number of benzene rings is 1. The molecule has 2 rings (SSSR count). The molecule has 7 heteroatoms. The summed E-state index contributed by atoms with van der Waals surface area (Å²) >= 11 is 0. The van der Waals surface area contributed by atoms with Crippen LogP contribution in [0.15, 0.2) is 18.2 Å². The lowest BCUT2D eigenvalue weighted by Crippen LogP contribution is -2.52. The number of ether oxygens (including phenoxy) is 1. The fourth-order valence-corrected chi connectivity index (χ4v) is 2.26. The molecule has 0 aliphatic carbocycles. The second kappa shape index (κ2) is 6.01. The highest BCUT2D eigenvalue weighted by Gasteiger charge is 2.29. The van der Waals surface area contributed by atoms with Crippen LogP contribution in [0.5, 0.6) is 5.75 Å². The maximum Gasteiger partial charge on any atom is 0.339 e. The van der Waals surface area contributed by atoms with Crippen LogP contribution in [0.25, 0.3) is 0 Å². The van der Waals surface area contributed by atoms with E-state index in [1.807, 2.05) is 6.92 Å². The number of amides is 2. The van der Waals surface area contributed by atoms with E-state index in [1.54, 1.807) is 0 Å². The molecule has 0 spiro atoms. The van der Waals surface area contributed by atoms with Crippen molar-refractivity contribution in [2.75, 3.05) is 18.5 Å². The molecule has 1 aliphatic rings. The van der Waals surface area contributed by atoms with E-state index in [0.717, 1.165) is 12.8 Å². The van der Waals surface area contributed by atoms with Crippen molar-refractivity contribution in [1.82, 2.24) is 5.32 Å². The van der Waals surface area contributed by atoms with Gasteiger partial charge >= 0.3 is 12.0 Å². The van der Waals surface area contributed by atoms with Crippen LogP contribution in [0.1, 0.15) is 30.1 Å². The molecule has 1 saturated heterocycles. The lowest BCUT2D eigenvalue weighted by Gasteiger charge is -2.34. The van der Waals surface area contributed by atoms with E-state index in [0.29, 0.717) is 18.9 Å². The maximum absolute atomic E-state index is 11.9. The first-order valence-corrected chi connectivity index (χ1v) is 6.63. The molecule has 1 aromatic rings. The number of anilines is 1. The summed E-state index contributed by atoms with van der Waals surface area (Å²) in [5, 5.41) is 23.8. The average Bonchev–Trinajstić information content (AvgIpc) is 2.38. The predicted molar refractivity (Wildman–Crippen MR) is 75.7 cm³/mol. The third-order valence-electron chi connectivity index (χ3n) is 3.34. The van der Waals surface area contributed by atoms with Crippen molar-refractivity contribution in [2.45, 2.75) is 25.3 Å². The quantitative estimate of drug-likeness (QED) is 0.679. The number of carbonyl (C=O) groups excluding carboxylic acids is 1. The number of aromatic carboxylic acids is 1. The smallest absolute Gasteiger partial charge is 0.339 e. The second-order valence-corrected chi connectivity index (χ2v) is 5.33. The van der Waals surface area contributed by atoms with Gasteiger partial charge in [-0.3, -0.25) is 0 Å². The van der Waals surface area contributed by atoms with E-state index in [4.69, 9.17) is 9.84 Å². The zero-order valence-electron chi connectivity index (χ0n) is 11.7. The van der Waals surface area contributed by atoms with Gasteiger partial charge in [0.1, 0.15) is 11.3 Å². The number of aromatic hydroxyl groups is 1. The molecule has 1 fully saturated rings. The fraction of sp³-hybridized carbons (Fsp3) is 0.429. The Morgan fingerprint density at radius 1 is 1.38 bits per heavy atom. The van der Waals surface area contributed by atoms with Crippen LogP contribution in [0.2, 0.25) is 0 Å². The Bertz CT molecular complexity index is 552. The van der Waals surface area contributed by atoms with Crippen LogP contribution in [0.3, 0.4) is 0 Å². The van der Waals surface area contributed by atoms with Crippen molar-refractivity contribution in [3.8, 4) is 5.75 Å². The monoisotopic (exact) mass is 294 g/mol. The summed E-state index contributed by atoms with van der Waals surface area (Å²) in [4.78, 5) is 22.7. The minimum Gasteiger partial charge on any atom is -0.507 e. The van der Waals surface area contributed by atoms with Crippen molar-refractivity contribution >= 4 is 17.7 Å². The summed E-state index contributed by atoms with van der Waals surface area (Å²) in [6.45, 7) is 3.05. The Hall–Kier alpha value is -2.28. The van der Waals surface area contributed by atoms with Crippen molar-refractivity contribution in [3.63, 3.8) is 0 Å². The highest BCUT2D eigenvalue weighted by Crippen LogP contribution is 2.22. The Morgan fingerprint density at radius 3 is 2.71 bits per heavy atom. The lowest BCUT2D eigenvalue weighted by molar-refractivity contribution is 0.0342. The maximum atomic E-state index is 11.9. The molecule has 1 heterocycles. The van der Waals surface area contributed by atoms with Gasteiger partial charge in [-0.05, 0) is 31.9 Å². The largest absolute Gasteiger partial charge is 0.507 e. The zero-order chi connectivity index (χ0) is 15.5. The number of phenols is 1. The number of nitrogens with one attached hydrogen (secondary N) is 2. The van der Waals surface area contributed by atoms with Gasteiger partial charge in [-0.15, -0.1) is 0 Å². The van der Waals surface area contributed by atoms with Crippen LogP contribution in [0, 0.1) is 0 Å². The van der Waals surface area contributed by atoms with Gasteiger partial charge in [0.2, 0.25) is 0 Å². The number of carbonyl (C=O) groups is 2. The molecule has 2 amide bonds. The number of rotatable bonds is 3. The van der Waals surface area contributed by atoms with E-state index in [2.05, 4.69) is 10.6 Å². The molecule has 1 atom stereocenters. The average molecular weight is 294 g/mol. The van der Waals surface area contributed by atoms with Gasteiger partial charge in [0, 0.05) is 18.4 Å². The van der Waals surface area contributed by atoms with Gasteiger partial charge in [-0.2, -0.15) is 0 Å². The molecule has 114 valence electrons. The lowest BCUT2D eigenvalue weighted by atomic mass is 9.95. The Kier molecular flexibility index (Phi) is 4.32. The van der Waals surface area contributed by atoms with E-state index in [9.17, 15) is 14.7 Å². The normalized spacial score (nSPS) is 21.6. The molecule has 1 unspecified atom stereocenters. The van der Waals surface area contributed by atoms with E-state index >= 15 is 0 Å². The van der Waals surface area contributed by atoms with Gasteiger partial charge in [-0.1, -0.05) is 0 Å². The molecule has 7 nitrogen and oxygen atoms in total. The van der Waals surface area contributed by atoms with Crippen molar-refractivity contribution in [3.05, 3.63) is 23.8 Å². The first-order valence-electron chi connectivity index (χ1n) is 6.63. The SMILES string of the molecule is CC1(NC(=O)Nc2ccc(C(=O)O)c(O)c2)CCCOC1. The molecular weight excluding hydrogens is 276 g/mol. The molecule has 1 aliphatic heterocycles. The van der Waals surface area contributed by atoms with Crippen LogP contribution in [-0.2, 0) is 4.74 Å². The number of hydrogen-bond donors (Lipinski definition) is 4. The van der Waals surface area contributed by atoms with E-state index < -0.39 is 23.3 Å². The first kappa shape index (κ1) is 15.1. The summed E-state index contributed by atoms with van der Waals surface area (Å²) in [6.07, 6.45) is 1.70. The van der Waals surface area contributed by atoms with Gasteiger partial charge in [0.25, 0.3) is 0 Å². The molecule has 0 radical (unpaired) electrons. The van der Waals surface area contributed by atoms with Crippen LogP contribution >= 0.6 is 0 Å². The summed E-state index contributed by atoms with van der Waals surface area (Å²) in [7, 11) is 0. The Morgan fingerprint density at radius 2 is 2.14 bits per heavy atom. The van der Waals surface area contributed by atoms with Crippen LogP contribution in [0.4, 0.5) is 10.5 Å². The third kappa shape index (κ3) is 3.85. The van der Waals surface area contributed by atoms with Crippen molar-refractivity contribution in [2.24, 2.45) is 0 Å². The van der Waals surface area contributed by atoms with Crippen molar-refractivity contribution < 1.29 is 24.5 Å². The van der Waals surface area contributed by atoms with Gasteiger partial charge in [0.05, 0.1) is 12.1 Å². The number of urea groups is 1. The first-order chi connectivity index (χ1) is 9.89. The second-order valence-electron chi connectivity index (χ2n) is 5.33. The highest BCUT2D eigenvalue weighted by atomic mass is 16.5. The topological polar surface area (TPSA) is 108 Å². The summed E-state index contributed by atoms with van der Waals surface area (Å²) in [5.41, 5.74) is -0.324. The Balaban J connectivity index is 1.99. The van der Waals surface area contributed by atoms with E-state index in [-0.39, 0.29) is 5.56 Å². The number of hydrogen-bond acceptors (Lipinski definition) is 4. The molecule has 0 aromatic heterocycles. The molecular formula is C14H18N2O5. The highest BCUT2D eigenvalue weighted by molar-refractivity contribution is 5.94. The Labute approximate surface area is 121 Å². The van der Waals surface area contributed by atoms with Crippen LogP contribution in [-0.4, -0.2) is 41.0 Å².